The van der Waals surface area contributed by atoms with Crippen LogP contribution in [0.4, 0.5) is 5.69 Å². The minimum atomic E-state index is -0.382. The molecule has 2 aliphatic rings. The summed E-state index contributed by atoms with van der Waals surface area (Å²) in [5, 5.41) is 0.786. The molecular formula is C25H27N3O3S. The molecule has 1 fully saturated rings. The molecule has 5 rings (SSSR count). The van der Waals surface area contributed by atoms with Crippen molar-refractivity contribution in [3.8, 4) is 0 Å². The molecule has 32 heavy (non-hydrogen) atoms. The van der Waals surface area contributed by atoms with Gasteiger partial charge in [0, 0.05) is 18.3 Å². The Morgan fingerprint density at radius 2 is 2.00 bits per heavy atom. The van der Waals surface area contributed by atoms with Crippen molar-refractivity contribution in [3.63, 3.8) is 0 Å². The van der Waals surface area contributed by atoms with E-state index in [4.69, 9.17) is 9.72 Å². The minimum absolute atomic E-state index is 0.00602. The van der Waals surface area contributed by atoms with Crippen LogP contribution in [-0.4, -0.2) is 39.5 Å². The maximum Gasteiger partial charge on any atom is 0.262 e. The predicted molar refractivity (Wildman–Crippen MR) is 127 cm³/mol. The number of ether oxygens (including phenoxy) is 1. The van der Waals surface area contributed by atoms with Gasteiger partial charge in [-0.25, -0.2) is 4.98 Å². The Morgan fingerprint density at radius 3 is 2.81 bits per heavy atom. The van der Waals surface area contributed by atoms with Crippen molar-refractivity contribution < 1.29 is 9.53 Å². The molecule has 1 saturated heterocycles. The van der Waals surface area contributed by atoms with E-state index >= 15 is 0 Å². The van der Waals surface area contributed by atoms with E-state index in [1.807, 2.05) is 54.3 Å². The average Bonchev–Trinajstić information content (AvgIpc) is 3.42. The van der Waals surface area contributed by atoms with Gasteiger partial charge in [-0.3, -0.25) is 14.2 Å². The first kappa shape index (κ1) is 21.2. The van der Waals surface area contributed by atoms with Crippen molar-refractivity contribution in [2.75, 3.05) is 11.5 Å². The summed E-state index contributed by atoms with van der Waals surface area (Å²) in [6, 6.07) is 15.6. The van der Waals surface area contributed by atoms with Gasteiger partial charge in [-0.1, -0.05) is 42.1 Å². The molecule has 0 N–H and O–H groups in total. The van der Waals surface area contributed by atoms with Gasteiger partial charge in [0.2, 0.25) is 5.91 Å². The number of hydrogen-bond donors (Lipinski definition) is 0. The van der Waals surface area contributed by atoms with Gasteiger partial charge in [0.25, 0.3) is 5.56 Å². The number of hydrogen-bond acceptors (Lipinski definition) is 5. The van der Waals surface area contributed by atoms with E-state index in [0.717, 1.165) is 31.6 Å². The van der Waals surface area contributed by atoms with Crippen LogP contribution in [0.15, 0.2) is 58.5 Å². The molecule has 1 amide bonds. The van der Waals surface area contributed by atoms with Crippen LogP contribution in [-0.2, 0) is 22.5 Å². The fourth-order valence-corrected chi connectivity index (χ4v) is 5.66. The number of benzene rings is 2. The Kier molecular flexibility index (Phi) is 5.78. The zero-order valence-electron chi connectivity index (χ0n) is 18.4. The zero-order valence-corrected chi connectivity index (χ0v) is 19.2. The molecule has 0 aliphatic carbocycles. The first-order valence-corrected chi connectivity index (χ1v) is 12.1. The molecule has 2 aliphatic heterocycles. The van der Waals surface area contributed by atoms with Crippen molar-refractivity contribution in [1.29, 1.82) is 0 Å². The highest BCUT2D eigenvalue weighted by molar-refractivity contribution is 8.00. The summed E-state index contributed by atoms with van der Waals surface area (Å²) in [7, 11) is 0. The van der Waals surface area contributed by atoms with E-state index in [1.165, 1.54) is 17.3 Å². The lowest BCUT2D eigenvalue weighted by Crippen LogP contribution is -2.40. The Bertz CT molecular complexity index is 1220. The summed E-state index contributed by atoms with van der Waals surface area (Å²) < 4.78 is 7.50. The molecule has 3 aromatic rings. The summed E-state index contributed by atoms with van der Waals surface area (Å²) >= 11 is 1.36. The van der Waals surface area contributed by atoms with E-state index in [-0.39, 0.29) is 28.9 Å². The standard InChI is InChI=1S/C25H27N3O3S/c1-16-14-18-8-3-6-12-22(18)28(16)23(29)17(2)32-25-26-21-11-5-4-10-20(21)24(30)27(25)15-19-9-7-13-31-19/h3-6,8,10-12,16-17,19H,7,9,13-15H2,1-2H3/t16-,17-,19+/m0/s1. The van der Waals surface area contributed by atoms with E-state index < -0.39 is 0 Å². The lowest BCUT2D eigenvalue weighted by molar-refractivity contribution is -0.118. The molecule has 0 saturated carbocycles. The molecular weight excluding hydrogens is 422 g/mol. The fraction of sp³-hybridized carbons (Fsp3) is 0.400. The predicted octanol–water partition coefficient (Wildman–Crippen LogP) is 4.03. The maximum atomic E-state index is 13.5. The molecule has 7 heteroatoms. The number of thioether (sulfide) groups is 1. The number of carbonyl (C=O) groups excluding carboxylic acids is 1. The summed E-state index contributed by atoms with van der Waals surface area (Å²) in [4.78, 5) is 33.5. The number of para-hydroxylation sites is 2. The summed E-state index contributed by atoms with van der Waals surface area (Å²) in [5.74, 6) is 0.0403. The maximum absolute atomic E-state index is 13.5. The van der Waals surface area contributed by atoms with Crippen LogP contribution in [0.25, 0.3) is 10.9 Å². The molecule has 166 valence electrons. The van der Waals surface area contributed by atoms with Gasteiger partial charge in [0.05, 0.1) is 28.8 Å². The topological polar surface area (TPSA) is 64.4 Å². The second-order valence-electron chi connectivity index (χ2n) is 8.61. The summed E-state index contributed by atoms with van der Waals surface area (Å²) in [5.41, 5.74) is 2.77. The minimum Gasteiger partial charge on any atom is -0.376 e. The van der Waals surface area contributed by atoms with Crippen molar-refractivity contribution in [2.45, 2.75) is 62.2 Å². The molecule has 3 atom stereocenters. The number of fused-ring (bicyclic) bond motifs is 2. The molecule has 0 radical (unpaired) electrons. The second-order valence-corrected chi connectivity index (χ2v) is 9.92. The third-order valence-corrected chi connectivity index (χ3v) is 7.39. The number of nitrogens with zero attached hydrogens (tertiary/aromatic N) is 3. The summed E-state index contributed by atoms with van der Waals surface area (Å²) in [6.07, 6.45) is 2.80. The molecule has 3 heterocycles. The molecule has 0 bridgehead atoms. The third kappa shape index (κ3) is 3.84. The van der Waals surface area contributed by atoms with Crippen LogP contribution in [0.3, 0.4) is 0 Å². The van der Waals surface area contributed by atoms with E-state index in [9.17, 15) is 9.59 Å². The van der Waals surface area contributed by atoms with Crippen molar-refractivity contribution >= 4 is 34.3 Å². The van der Waals surface area contributed by atoms with Crippen LogP contribution < -0.4 is 10.5 Å². The monoisotopic (exact) mass is 449 g/mol. The number of anilines is 1. The van der Waals surface area contributed by atoms with E-state index in [1.54, 1.807) is 4.57 Å². The van der Waals surface area contributed by atoms with Crippen molar-refractivity contribution in [1.82, 2.24) is 9.55 Å². The first-order chi connectivity index (χ1) is 15.5. The van der Waals surface area contributed by atoms with Crippen LogP contribution in [0.5, 0.6) is 0 Å². The molecule has 6 nitrogen and oxygen atoms in total. The van der Waals surface area contributed by atoms with Gasteiger partial charge < -0.3 is 9.64 Å². The van der Waals surface area contributed by atoms with E-state index in [0.29, 0.717) is 22.6 Å². The number of carbonyl (C=O) groups is 1. The first-order valence-electron chi connectivity index (χ1n) is 11.2. The Labute approximate surface area is 191 Å². The third-order valence-electron chi connectivity index (χ3n) is 6.31. The highest BCUT2D eigenvalue weighted by Gasteiger charge is 2.34. The quantitative estimate of drug-likeness (QED) is 0.435. The van der Waals surface area contributed by atoms with Gasteiger partial charge in [-0.2, -0.15) is 0 Å². The molecule has 0 unspecified atom stereocenters. The molecule has 2 aromatic carbocycles. The SMILES string of the molecule is C[C@H](Sc1nc2ccccc2c(=O)n1C[C@H]1CCCO1)C(=O)N1c2ccccc2C[C@@H]1C. The Morgan fingerprint density at radius 1 is 1.22 bits per heavy atom. The van der Waals surface area contributed by atoms with Gasteiger partial charge >= 0.3 is 0 Å². The van der Waals surface area contributed by atoms with E-state index in [2.05, 4.69) is 13.0 Å². The summed E-state index contributed by atoms with van der Waals surface area (Å²) in [6.45, 7) is 5.17. The average molecular weight is 450 g/mol. The van der Waals surface area contributed by atoms with Crippen LogP contribution >= 0.6 is 11.8 Å². The molecule has 1 aromatic heterocycles. The largest absolute Gasteiger partial charge is 0.376 e. The molecule has 0 spiro atoms. The Balaban J connectivity index is 1.47. The number of amides is 1. The van der Waals surface area contributed by atoms with Crippen LogP contribution in [0.1, 0.15) is 32.3 Å². The van der Waals surface area contributed by atoms with Gasteiger partial charge in [0.1, 0.15) is 0 Å². The lowest BCUT2D eigenvalue weighted by Gasteiger charge is -2.26. The smallest absolute Gasteiger partial charge is 0.262 e. The number of rotatable bonds is 5. The number of aromatic nitrogens is 2. The van der Waals surface area contributed by atoms with Gasteiger partial charge in [-0.15, -0.1) is 0 Å². The van der Waals surface area contributed by atoms with Crippen LogP contribution in [0, 0.1) is 0 Å². The van der Waals surface area contributed by atoms with Gasteiger partial charge in [-0.05, 0) is 56.9 Å². The Hall–Kier alpha value is -2.64. The van der Waals surface area contributed by atoms with Crippen LogP contribution in [0.2, 0.25) is 0 Å². The highest BCUT2D eigenvalue weighted by Crippen LogP contribution is 2.34. The van der Waals surface area contributed by atoms with Crippen molar-refractivity contribution in [3.05, 3.63) is 64.4 Å². The second kappa shape index (κ2) is 8.71. The lowest BCUT2D eigenvalue weighted by atomic mass is 10.1. The fourth-order valence-electron chi connectivity index (χ4n) is 4.70. The normalized spacial score (nSPS) is 21.1. The van der Waals surface area contributed by atoms with Gasteiger partial charge in [0.15, 0.2) is 5.16 Å². The highest BCUT2D eigenvalue weighted by atomic mass is 32.2. The zero-order chi connectivity index (χ0) is 22.2. The van der Waals surface area contributed by atoms with Crippen molar-refractivity contribution in [2.24, 2.45) is 0 Å².